The zero-order valence-electron chi connectivity index (χ0n) is 13.8. The Labute approximate surface area is 125 Å². The van der Waals surface area contributed by atoms with Crippen LogP contribution in [-0.4, -0.2) is 34.9 Å². The highest BCUT2D eigenvalue weighted by Crippen LogP contribution is 2.21. The Kier molecular flexibility index (Phi) is 7.49. The Morgan fingerprint density at radius 1 is 1.25 bits per heavy atom. The summed E-state index contributed by atoms with van der Waals surface area (Å²) in [6.07, 6.45) is 1.19. The molecule has 1 rings (SSSR count). The minimum atomic E-state index is -1.03. The van der Waals surface area contributed by atoms with E-state index in [2.05, 4.69) is 56.1 Å². The molecule has 2 nitrogen and oxygen atoms in total. The van der Waals surface area contributed by atoms with Crippen molar-refractivity contribution in [1.29, 1.82) is 0 Å². The van der Waals surface area contributed by atoms with Gasteiger partial charge in [-0.15, -0.1) is 0 Å². The molecule has 1 unspecified atom stereocenters. The first kappa shape index (κ1) is 17.4. The summed E-state index contributed by atoms with van der Waals surface area (Å²) in [5.41, 5.74) is 2.84. The molecule has 1 N–H and O–H groups in total. The summed E-state index contributed by atoms with van der Waals surface area (Å²) in [6, 6.07) is 10.3. The van der Waals surface area contributed by atoms with Gasteiger partial charge in [0.25, 0.3) is 0 Å². The van der Waals surface area contributed by atoms with E-state index in [0.29, 0.717) is 0 Å². The van der Waals surface area contributed by atoms with Gasteiger partial charge in [0.2, 0.25) is 0 Å². The van der Waals surface area contributed by atoms with Gasteiger partial charge in [-0.2, -0.15) is 0 Å². The number of aryl methyl sites for hydroxylation is 1. The van der Waals surface area contributed by atoms with Crippen molar-refractivity contribution in [3.63, 3.8) is 0 Å². The molecule has 0 heterocycles. The van der Waals surface area contributed by atoms with Crippen molar-refractivity contribution in [2.24, 2.45) is 5.92 Å². The molecule has 0 saturated heterocycles. The lowest BCUT2D eigenvalue weighted by Crippen LogP contribution is -2.33. The number of benzene rings is 1. The lowest BCUT2D eigenvalue weighted by atomic mass is 9.99. The topological polar surface area (TPSA) is 21.3 Å². The van der Waals surface area contributed by atoms with Crippen LogP contribution in [0.3, 0.4) is 0 Å². The zero-order chi connectivity index (χ0) is 15.0. The Morgan fingerprint density at radius 2 is 2.00 bits per heavy atom. The molecule has 0 saturated carbocycles. The third kappa shape index (κ3) is 7.83. The summed E-state index contributed by atoms with van der Waals surface area (Å²) >= 11 is 0. The van der Waals surface area contributed by atoms with Crippen LogP contribution in [0.15, 0.2) is 24.3 Å². The smallest absolute Gasteiger partial charge is 0.0587 e. The Morgan fingerprint density at radius 3 is 2.60 bits per heavy atom. The standard InChI is InChI=1S/C17H31NOSi/c1-15-7-6-8-16(11-15)12-17(14-20(3,4)5)13-18-9-10-19-2/h6-8,11,17-18H,9-10,12-14H2,1-5H3. The van der Waals surface area contributed by atoms with Gasteiger partial charge in [-0.25, -0.2) is 0 Å². The maximum Gasteiger partial charge on any atom is 0.0587 e. The average molecular weight is 294 g/mol. The first-order valence-corrected chi connectivity index (χ1v) is 11.4. The summed E-state index contributed by atoms with van der Waals surface area (Å²) in [4.78, 5) is 0. The molecule has 1 aromatic carbocycles. The predicted molar refractivity (Wildman–Crippen MR) is 91.3 cm³/mol. The van der Waals surface area contributed by atoms with Crippen LogP contribution in [-0.2, 0) is 11.2 Å². The molecule has 0 aromatic heterocycles. The van der Waals surface area contributed by atoms with E-state index in [-0.39, 0.29) is 0 Å². The molecule has 0 aliphatic heterocycles. The van der Waals surface area contributed by atoms with Crippen LogP contribution in [0, 0.1) is 12.8 Å². The second kappa shape index (κ2) is 8.60. The number of methoxy groups -OCH3 is 1. The molecule has 1 aromatic rings. The molecule has 0 bridgehead atoms. The molecule has 0 aliphatic carbocycles. The lowest BCUT2D eigenvalue weighted by Gasteiger charge is -2.25. The summed E-state index contributed by atoms with van der Waals surface area (Å²) in [5.74, 6) is 0.736. The third-order valence-corrected chi connectivity index (χ3v) is 5.23. The highest BCUT2D eigenvalue weighted by atomic mass is 28.3. The molecule has 0 fully saturated rings. The van der Waals surface area contributed by atoms with Crippen LogP contribution in [0.1, 0.15) is 11.1 Å². The summed E-state index contributed by atoms with van der Waals surface area (Å²) in [6.45, 7) is 12.4. The first-order chi connectivity index (χ1) is 9.40. The van der Waals surface area contributed by atoms with E-state index in [0.717, 1.165) is 25.6 Å². The Hall–Kier alpha value is -0.643. The van der Waals surface area contributed by atoms with Gasteiger partial charge in [0.05, 0.1) is 6.61 Å². The molecular formula is C17H31NOSi. The predicted octanol–water partition coefficient (Wildman–Crippen LogP) is 3.73. The van der Waals surface area contributed by atoms with Gasteiger partial charge < -0.3 is 10.1 Å². The monoisotopic (exact) mass is 293 g/mol. The van der Waals surface area contributed by atoms with E-state index in [9.17, 15) is 0 Å². The Balaban J connectivity index is 2.57. The van der Waals surface area contributed by atoms with Crippen LogP contribution in [0.5, 0.6) is 0 Å². The van der Waals surface area contributed by atoms with Gasteiger partial charge in [0.15, 0.2) is 0 Å². The largest absolute Gasteiger partial charge is 0.383 e. The van der Waals surface area contributed by atoms with Crippen molar-refractivity contribution in [3.8, 4) is 0 Å². The molecule has 0 amide bonds. The number of nitrogens with one attached hydrogen (secondary N) is 1. The Bertz CT molecular complexity index is 387. The third-order valence-electron chi connectivity index (χ3n) is 3.42. The quantitative estimate of drug-likeness (QED) is 0.553. The van der Waals surface area contributed by atoms with Gasteiger partial charge in [-0.3, -0.25) is 0 Å². The molecule has 114 valence electrons. The van der Waals surface area contributed by atoms with E-state index < -0.39 is 8.07 Å². The molecule has 0 spiro atoms. The number of hydrogen-bond donors (Lipinski definition) is 1. The van der Waals surface area contributed by atoms with Crippen LogP contribution in [0.4, 0.5) is 0 Å². The minimum absolute atomic E-state index is 0.736. The van der Waals surface area contributed by atoms with Crippen LogP contribution in [0.2, 0.25) is 25.7 Å². The van der Waals surface area contributed by atoms with E-state index >= 15 is 0 Å². The van der Waals surface area contributed by atoms with Crippen molar-refractivity contribution < 1.29 is 4.74 Å². The average Bonchev–Trinajstić information content (AvgIpc) is 2.32. The fraction of sp³-hybridized carbons (Fsp3) is 0.647. The van der Waals surface area contributed by atoms with Gasteiger partial charge in [0.1, 0.15) is 0 Å². The first-order valence-electron chi connectivity index (χ1n) is 7.66. The fourth-order valence-corrected chi connectivity index (χ4v) is 4.76. The minimum Gasteiger partial charge on any atom is -0.383 e. The van der Waals surface area contributed by atoms with Crippen LogP contribution >= 0.6 is 0 Å². The fourth-order valence-electron chi connectivity index (χ4n) is 2.74. The van der Waals surface area contributed by atoms with E-state index in [1.165, 1.54) is 23.6 Å². The van der Waals surface area contributed by atoms with Crippen molar-refractivity contribution in [1.82, 2.24) is 5.32 Å². The molecule has 1 atom stereocenters. The maximum absolute atomic E-state index is 5.10. The van der Waals surface area contributed by atoms with Crippen LogP contribution < -0.4 is 5.32 Å². The van der Waals surface area contributed by atoms with Gasteiger partial charge >= 0.3 is 0 Å². The highest BCUT2D eigenvalue weighted by molar-refractivity contribution is 6.76. The molecular weight excluding hydrogens is 262 g/mol. The van der Waals surface area contributed by atoms with E-state index in [4.69, 9.17) is 4.74 Å². The lowest BCUT2D eigenvalue weighted by molar-refractivity contribution is 0.198. The number of rotatable bonds is 9. The number of ether oxygens (including phenoxy) is 1. The van der Waals surface area contributed by atoms with Gasteiger partial charge in [0, 0.05) is 21.7 Å². The molecule has 0 radical (unpaired) electrons. The maximum atomic E-state index is 5.10. The molecule has 20 heavy (non-hydrogen) atoms. The zero-order valence-corrected chi connectivity index (χ0v) is 14.8. The van der Waals surface area contributed by atoms with Crippen molar-refractivity contribution >= 4 is 8.07 Å². The normalized spacial score (nSPS) is 13.4. The SMILES string of the molecule is COCCNCC(Cc1cccc(C)c1)C[Si](C)(C)C. The molecule has 0 aliphatic rings. The summed E-state index contributed by atoms with van der Waals surface area (Å²) in [7, 11) is 0.730. The highest BCUT2D eigenvalue weighted by Gasteiger charge is 2.20. The summed E-state index contributed by atoms with van der Waals surface area (Å²) < 4.78 is 5.10. The molecule has 3 heteroatoms. The van der Waals surface area contributed by atoms with E-state index in [1.807, 2.05) is 0 Å². The van der Waals surface area contributed by atoms with Crippen LogP contribution in [0.25, 0.3) is 0 Å². The van der Waals surface area contributed by atoms with E-state index in [1.54, 1.807) is 7.11 Å². The summed E-state index contributed by atoms with van der Waals surface area (Å²) in [5, 5.41) is 3.54. The van der Waals surface area contributed by atoms with Crippen molar-refractivity contribution in [2.75, 3.05) is 26.8 Å². The van der Waals surface area contributed by atoms with Crippen molar-refractivity contribution in [2.45, 2.75) is 39.0 Å². The second-order valence-electron chi connectivity index (χ2n) is 7.02. The van der Waals surface area contributed by atoms with Gasteiger partial charge in [-0.1, -0.05) is 55.5 Å². The number of hydrogen-bond acceptors (Lipinski definition) is 2. The van der Waals surface area contributed by atoms with Gasteiger partial charge in [-0.05, 0) is 31.4 Å². The second-order valence-corrected chi connectivity index (χ2v) is 12.6. The van der Waals surface area contributed by atoms with Crippen molar-refractivity contribution in [3.05, 3.63) is 35.4 Å².